The first-order valence-corrected chi connectivity index (χ1v) is 6.65. The third-order valence-electron chi connectivity index (χ3n) is 2.53. The molecule has 2 aromatic rings. The van der Waals surface area contributed by atoms with Gasteiger partial charge in [-0.15, -0.1) is 0 Å². The van der Waals surface area contributed by atoms with Crippen LogP contribution in [0.2, 0.25) is 0 Å². The summed E-state index contributed by atoms with van der Waals surface area (Å²) < 4.78 is 0.847. The van der Waals surface area contributed by atoms with Gasteiger partial charge in [0.05, 0.1) is 0 Å². The second kappa shape index (κ2) is 6.45. The Labute approximate surface area is 120 Å². The molecule has 98 valence electrons. The third-order valence-corrected chi connectivity index (χ3v) is 2.99. The standard InChI is InChI=1S/C14H14BrN3O/c1-16-8-10-3-2-4-12(7-10)18-14(19)13-6-5-11(15)9-17-13/h2-7,9,16H,8H2,1H3,(H,18,19). The van der Waals surface area contributed by atoms with Gasteiger partial charge in [0, 0.05) is 22.9 Å². The fourth-order valence-corrected chi connectivity index (χ4v) is 1.90. The van der Waals surface area contributed by atoms with Gasteiger partial charge in [0.2, 0.25) is 0 Å². The van der Waals surface area contributed by atoms with E-state index in [2.05, 4.69) is 31.5 Å². The largest absolute Gasteiger partial charge is 0.321 e. The van der Waals surface area contributed by atoms with Gasteiger partial charge in [-0.2, -0.15) is 0 Å². The Morgan fingerprint density at radius 1 is 1.32 bits per heavy atom. The third kappa shape index (κ3) is 3.87. The van der Waals surface area contributed by atoms with E-state index in [9.17, 15) is 4.79 Å². The molecular formula is C14H14BrN3O. The normalized spacial score (nSPS) is 10.2. The van der Waals surface area contributed by atoms with Gasteiger partial charge < -0.3 is 10.6 Å². The highest BCUT2D eigenvalue weighted by atomic mass is 79.9. The minimum Gasteiger partial charge on any atom is -0.321 e. The number of hydrogen-bond acceptors (Lipinski definition) is 3. The van der Waals surface area contributed by atoms with Crippen molar-refractivity contribution in [2.24, 2.45) is 0 Å². The van der Waals surface area contributed by atoms with Crippen molar-refractivity contribution in [3.8, 4) is 0 Å². The van der Waals surface area contributed by atoms with Crippen molar-refractivity contribution in [1.29, 1.82) is 0 Å². The van der Waals surface area contributed by atoms with Crippen molar-refractivity contribution >= 4 is 27.5 Å². The lowest BCUT2D eigenvalue weighted by Crippen LogP contribution is -2.14. The summed E-state index contributed by atoms with van der Waals surface area (Å²) in [7, 11) is 1.89. The molecule has 0 bridgehead atoms. The maximum atomic E-state index is 12.0. The molecule has 0 aliphatic rings. The van der Waals surface area contributed by atoms with E-state index in [0.29, 0.717) is 5.69 Å². The molecule has 19 heavy (non-hydrogen) atoms. The SMILES string of the molecule is CNCc1cccc(NC(=O)c2ccc(Br)cn2)c1. The van der Waals surface area contributed by atoms with E-state index in [-0.39, 0.29) is 5.91 Å². The van der Waals surface area contributed by atoms with Crippen LogP contribution in [0, 0.1) is 0 Å². The zero-order chi connectivity index (χ0) is 13.7. The molecule has 0 spiro atoms. The highest BCUT2D eigenvalue weighted by molar-refractivity contribution is 9.10. The Bertz CT molecular complexity index is 569. The zero-order valence-corrected chi connectivity index (χ0v) is 12.1. The lowest BCUT2D eigenvalue weighted by molar-refractivity contribution is 0.102. The Morgan fingerprint density at radius 2 is 2.16 bits per heavy atom. The summed E-state index contributed by atoms with van der Waals surface area (Å²) in [4.78, 5) is 16.1. The van der Waals surface area contributed by atoms with E-state index in [1.54, 1.807) is 18.3 Å². The van der Waals surface area contributed by atoms with Crippen LogP contribution in [0.1, 0.15) is 16.1 Å². The number of anilines is 1. The van der Waals surface area contributed by atoms with Crippen LogP contribution in [0.5, 0.6) is 0 Å². The van der Waals surface area contributed by atoms with Crippen LogP contribution >= 0.6 is 15.9 Å². The van der Waals surface area contributed by atoms with Crippen molar-refractivity contribution in [3.05, 3.63) is 58.3 Å². The van der Waals surface area contributed by atoms with Crippen LogP contribution < -0.4 is 10.6 Å². The maximum absolute atomic E-state index is 12.0. The predicted octanol–water partition coefficient (Wildman–Crippen LogP) is 2.82. The highest BCUT2D eigenvalue weighted by Crippen LogP contribution is 2.13. The van der Waals surface area contributed by atoms with Crippen LogP contribution in [-0.4, -0.2) is 17.9 Å². The fraction of sp³-hybridized carbons (Fsp3) is 0.143. The van der Waals surface area contributed by atoms with Crippen LogP contribution in [-0.2, 0) is 6.54 Å². The van der Waals surface area contributed by atoms with Gasteiger partial charge in [0.15, 0.2) is 0 Å². The smallest absolute Gasteiger partial charge is 0.274 e. The molecule has 0 atom stereocenters. The average Bonchev–Trinajstić information content (AvgIpc) is 2.40. The van der Waals surface area contributed by atoms with Crippen molar-refractivity contribution in [2.75, 3.05) is 12.4 Å². The van der Waals surface area contributed by atoms with Crippen LogP contribution in [0.25, 0.3) is 0 Å². The van der Waals surface area contributed by atoms with E-state index in [1.165, 1.54) is 0 Å². The number of nitrogens with one attached hydrogen (secondary N) is 2. The molecule has 0 saturated carbocycles. The lowest BCUT2D eigenvalue weighted by Gasteiger charge is -2.07. The molecule has 5 heteroatoms. The molecule has 0 saturated heterocycles. The number of pyridine rings is 1. The average molecular weight is 320 g/mol. The first kappa shape index (κ1) is 13.7. The van der Waals surface area contributed by atoms with Gasteiger partial charge in [0.1, 0.15) is 5.69 Å². The molecule has 0 unspecified atom stereocenters. The second-order valence-electron chi connectivity index (χ2n) is 4.05. The van der Waals surface area contributed by atoms with Gasteiger partial charge in [-0.1, -0.05) is 12.1 Å². The molecule has 0 aliphatic heterocycles. The molecule has 4 nitrogen and oxygen atoms in total. The molecule has 0 aliphatic carbocycles. The van der Waals surface area contributed by atoms with Gasteiger partial charge in [-0.3, -0.25) is 4.79 Å². The van der Waals surface area contributed by atoms with Crippen molar-refractivity contribution in [1.82, 2.24) is 10.3 Å². The Kier molecular flexibility index (Phi) is 4.65. The topological polar surface area (TPSA) is 54.0 Å². The van der Waals surface area contributed by atoms with Crippen LogP contribution in [0.15, 0.2) is 47.1 Å². The maximum Gasteiger partial charge on any atom is 0.274 e. The summed E-state index contributed by atoms with van der Waals surface area (Å²) in [6, 6.07) is 11.2. The monoisotopic (exact) mass is 319 g/mol. The quantitative estimate of drug-likeness (QED) is 0.911. The number of halogens is 1. The first-order valence-electron chi connectivity index (χ1n) is 5.85. The van der Waals surface area contributed by atoms with E-state index in [1.807, 2.05) is 31.3 Å². The number of aromatic nitrogens is 1. The number of benzene rings is 1. The van der Waals surface area contributed by atoms with Crippen LogP contribution in [0.4, 0.5) is 5.69 Å². The summed E-state index contributed by atoms with van der Waals surface area (Å²) in [6.45, 7) is 0.764. The fourth-order valence-electron chi connectivity index (χ4n) is 1.67. The van der Waals surface area contributed by atoms with Gasteiger partial charge in [0.25, 0.3) is 5.91 Å². The molecule has 1 heterocycles. The second-order valence-corrected chi connectivity index (χ2v) is 4.96. The van der Waals surface area contributed by atoms with E-state index in [4.69, 9.17) is 0 Å². The molecule has 1 amide bonds. The number of carbonyl (C=O) groups excluding carboxylic acids is 1. The molecule has 0 fully saturated rings. The van der Waals surface area contributed by atoms with Crippen molar-refractivity contribution in [3.63, 3.8) is 0 Å². The predicted molar refractivity (Wildman–Crippen MR) is 79.1 cm³/mol. The molecule has 2 N–H and O–H groups in total. The summed E-state index contributed by atoms with van der Waals surface area (Å²) >= 11 is 3.29. The summed E-state index contributed by atoms with van der Waals surface area (Å²) in [5.41, 5.74) is 2.27. The molecule has 0 radical (unpaired) electrons. The molecule has 1 aromatic carbocycles. The van der Waals surface area contributed by atoms with E-state index >= 15 is 0 Å². The minimum absolute atomic E-state index is 0.214. The van der Waals surface area contributed by atoms with Crippen molar-refractivity contribution < 1.29 is 4.79 Å². The number of amides is 1. The first-order chi connectivity index (χ1) is 9.19. The van der Waals surface area contributed by atoms with Gasteiger partial charge in [-0.05, 0) is 52.8 Å². The van der Waals surface area contributed by atoms with Gasteiger partial charge in [-0.25, -0.2) is 4.98 Å². The van der Waals surface area contributed by atoms with Crippen LogP contribution in [0.3, 0.4) is 0 Å². The number of rotatable bonds is 4. The Balaban J connectivity index is 2.10. The van der Waals surface area contributed by atoms with Crippen molar-refractivity contribution in [2.45, 2.75) is 6.54 Å². The number of nitrogens with zero attached hydrogens (tertiary/aromatic N) is 1. The zero-order valence-electron chi connectivity index (χ0n) is 10.5. The summed E-state index contributed by atoms with van der Waals surface area (Å²) in [5, 5.41) is 5.90. The van der Waals surface area contributed by atoms with Gasteiger partial charge >= 0.3 is 0 Å². The lowest BCUT2D eigenvalue weighted by atomic mass is 10.2. The number of hydrogen-bond donors (Lipinski definition) is 2. The Morgan fingerprint density at radius 3 is 2.84 bits per heavy atom. The summed E-state index contributed by atoms with van der Waals surface area (Å²) in [5.74, 6) is -0.214. The highest BCUT2D eigenvalue weighted by Gasteiger charge is 2.07. The molecule has 2 rings (SSSR count). The summed E-state index contributed by atoms with van der Waals surface area (Å²) in [6.07, 6.45) is 1.60. The Hall–Kier alpha value is -1.72. The number of carbonyl (C=O) groups is 1. The minimum atomic E-state index is -0.214. The molecule has 1 aromatic heterocycles. The van der Waals surface area contributed by atoms with E-state index < -0.39 is 0 Å². The molecular weight excluding hydrogens is 306 g/mol. The van der Waals surface area contributed by atoms with E-state index in [0.717, 1.165) is 22.3 Å².